The van der Waals surface area contributed by atoms with E-state index in [-0.39, 0.29) is 10.8 Å². The zero-order valence-corrected chi connectivity index (χ0v) is 17.8. The molecule has 2 aromatic rings. The Morgan fingerprint density at radius 3 is 2.07 bits per heavy atom. The van der Waals surface area contributed by atoms with Crippen LogP contribution in [0.25, 0.3) is 0 Å². The number of amides is 1. The van der Waals surface area contributed by atoms with E-state index in [2.05, 4.69) is 24.1 Å². The zero-order valence-electron chi connectivity index (χ0n) is 17.0. The first-order valence-electron chi connectivity index (χ1n) is 9.45. The number of nitrogens with one attached hydrogen (secondary N) is 1. The number of benzene rings is 2. The molecule has 0 aromatic heterocycles. The lowest BCUT2D eigenvalue weighted by Crippen LogP contribution is -2.34. The third-order valence-electron chi connectivity index (χ3n) is 4.78. The quantitative estimate of drug-likeness (QED) is 0.699. The predicted octanol–water partition coefficient (Wildman–Crippen LogP) is 2.89. The van der Waals surface area contributed by atoms with Gasteiger partial charge >= 0.3 is 0 Å². The summed E-state index contributed by atoms with van der Waals surface area (Å²) < 4.78 is 26.8. The van der Waals surface area contributed by atoms with Crippen LogP contribution in [0.2, 0.25) is 0 Å². The minimum absolute atomic E-state index is 0.164. The molecule has 0 saturated heterocycles. The summed E-state index contributed by atoms with van der Waals surface area (Å²) in [7, 11) is -2.14. The van der Waals surface area contributed by atoms with Crippen molar-refractivity contribution in [3.05, 3.63) is 59.7 Å². The zero-order chi connectivity index (χ0) is 20.7. The summed E-state index contributed by atoms with van der Waals surface area (Å²) in [6.07, 6.45) is 0. The molecule has 2 aromatic carbocycles. The number of rotatable bonds is 9. The van der Waals surface area contributed by atoms with E-state index < -0.39 is 10.0 Å². The lowest BCUT2D eigenvalue weighted by Gasteiger charge is -2.20. The van der Waals surface area contributed by atoms with E-state index >= 15 is 0 Å². The Morgan fingerprint density at radius 1 is 0.964 bits per heavy atom. The molecule has 0 aliphatic carbocycles. The van der Waals surface area contributed by atoms with Crippen molar-refractivity contribution in [3.8, 4) is 0 Å². The molecule has 7 heteroatoms. The fourth-order valence-corrected chi connectivity index (χ4v) is 3.99. The first-order valence-corrected chi connectivity index (χ1v) is 10.9. The molecule has 1 N–H and O–H groups in total. The lowest BCUT2D eigenvalue weighted by atomic mass is 10.2. The number of carbonyl (C=O) groups excluding carboxylic acids is 1. The van der Waals surface area contributed by atoms with Crippen LogP contribution in [0.15, 0.2) is 53.4 Å². The molecule has 0 aliphatic rings. The van der Waals surface area contributed by atoms with Crippen LogP contribution in [0.4, 0.5) is 5.69 Å². The maximum atomic E-state index is 12.8. The summed E-state index contributed by atoms with van der Waals surface area (Å²) in [5.41, 5.74) is 2.00. The number of aryl methyl sites for hydroxylation is 1. The molecule has 6 nitrogen and oxygen atoms in total. The third kappa shape index (κ3) is 5.33. The van der Waals surface area contributed by atoms with Crippen molar-refractivity contribution < 1.29 is 13.2 Å². The second-order valence-electron chi connectivity index (χ2n) is 6.62. The Bertz CT molecular complexity index is 874. The monoisotopic (exact) mass is 403 g/mol. The second kappa shape index (κ2) is 9.71. The van der Waals surface area contributed by atoms with Gasteiger partial charge in [-0.3, -0.25) is 9.10 Å². The summed E-state index contributed by atoms with van der Waals surface area (Å²) >= 11 is 0. The highest BCUT2D eigenvalue weighted by molar-refractivity contribution is 7.92. The van der Waals surface area contributed by atoms with Gasteiger partial charge in [-0.25, -0.2) is 8.42 Å². The Hall–Kier alpha value is -2.38. The molecule has 0 unspecified atom stereocenters. The fraction of sp³-hybridized carbons (Fsp3) is 0.381. The first-order chi connectivity index (χ1) is 13.3. The first kappa shape index (κ1) is 21.9. The van der Waals surface area contributed by atoms with Gasteiger partial charge in [-0.1, -0.05) is 31.5 Å². The third-order valence-corrected chi connectivity index (χ3v) is 6.58. The number of carbonyl (C=O) groups is 1. The van der Waals surface area contributed by atoms with Crippen LogP contribution in [0.3, 0.4) is 0 Å². The summed E-state index contributed by atoms with van der Waals surface area (Å²) in [5, 5.41) is 2.90. The summed E-state index contributed by atoms with van der Waals surface area (Å²) in [6.45, 7) is 9.35. The van der Waals surface area contributed by atoms with E-state index in [1.807, 2.05) is 6.92 Å². The second-order valence-corrected chi connectivity index (χ2v) is 8.58. The van der Waals surface area contributed by atoms with Gasteiger partial charge in [-0.15, -0.1) is 0 Å². The molecule has 0 atom stereocenters. The van der Waals surface area contributed by atoms with Gasteiger partial charge in [0.2, 0.25) is 0 Å². The van der Waals surface area contributed by atoms with E-state index in [9.17, 15) is 13.2 Å². The Balaban J connectivity index is 2.04. The summed E-state index contributed by atoms with van der Waals surface area (Å²) in [5.74, 6) is -0.164. The molecule has 0 spiro atoms. The minimum Gasteiger partial charge on any atom is -0.351 e. The average molecular weight is 404 g/mol. The van der Waals surface area contributed by atoms with E-state index in [0.29, 0.717) is 17.8 Å². The number of hydrogen-bond acceptors (Lipinski definition) is 4. The van der Waals surface area contributed by atoms with Crippen LogP contribution in [0.1, 0.15) is 29.8 Å². The highest BCUT2D eigenvalue weighted by atomic mass is 32.2. The van der Waals surface area contributed by atoms with Crippen LogP contribution >= 0.6 is 0 Å². The molecular formula is C21H29N3O3S. The predicted molar refractivity (Wildman–Crippen MR) is 113 cm³/mol. The SMILES string of the molecule is CCN(CC)CCNC(=O)c1ccc(N(C)S(=O)(=O)c2ccc(C)cc2)cc1. The van der Waals surface area contributed by atoms with Crippen molar-refractivity contribution in [1.29, 1.82) is 0 Å². The molecule has 1 amide bonds. The fourth-order valence-electron chi connectivity index (χ4n) is 2.80. The van der Waals surface area contributed by atoms with Crippen LogP contribution < -0.4 is 9.62 Å². The molecular weight excluding hydrogens is 374 g/mol. The maximum Gasteiger partial charge on any atom is 0.264 e. The number of nitrogens with zero attached hydrogens (tertiary/aromatic N) is 2. The minimum atomic E-state index is -3.64. The molecule has 0 saturated carbocycles. The molecule has 0 heterocycles. The largest absolute Gasteiger partial charge is 0.351 e. The Labute approximate surface area is 168 Å². The summed E-state index contributed by atoms with van der Waals surface area (Å²) in [6, 6.07) is 13.3. The van der Waals surface area contributed by atoms with Gasteiger partial charge in [-0.2, -0.15) is 0 Å². The standard InChI is InChI=1S/C21H29N3O3S/c1-5-24(6-2)16-15-22-21(25)18-9-11-19(12-10-18)23(4)28(26,27)20-13-7-17(3)8-14-20/h7-14H,5-6,15-16H2,1-4H3,(H,22,25). The van der Waals surface area contributed by atoms with Gasteiger partial charge in [-0.05, 0) is 56.4 Å². The van der Waals surface area contributed by atoms with Crippen molar-refractivity contribution in [2.45, 2.75) is 25.7 Å². The number of hydrogen-bond donors (Lipinski definition) is 1. The van der Waals surface area contributed by atoms with E-state index in [1.165, 1.54) is 11.4 Å². The van der Waals surface area contributed by atoms with Gasteiger partial charge in [0.25, 0.3) is 15.9 Å². The Kier molecular flexibility index (Phi) is 7.60. The van der Waals surface area contributed by atoms with Crippen LogP contribution in [-0.2, 0) is 10.0 Å². The summed E-state index contributed by atoms with van der Waals surface area (Å²) in [4.78, 5) is 14.7. The Morgan fingerprint density at radius 2 is 1.54 bits per heavy atom. The van der Waals surface area contributed by atoms with Gasteiger partial charge in [0, 0.05) is 25.7 Å². The molecule has 0 aliphatic heterocycles. The number of sulfonamides is 1. The van der Waals surface area contributed by atoms with E-state index in [1.54, 1.807) is 48.5 Å². The molecule has 2 rings (SSSR count). The normalized spacial score (nSPS) is 11.5. The highest BCUT2D eigenvalue weighted by Crippen LogP contribution is 2.22. The van der Waals surface area contributed by atoms with Crippen molar-refractivity contribution in [3.63, 3.8) is 0 Å². The number of anilines is 1. The maximum absolute atomic E-state index is 12.8. The molecule has 0 fully saturated rings. The smallest absolute Gasteiger partial charge is 0.264 e. The molecule has 28 heavy (non-hydrogen) atoms. The molecule has 152 valence electrons. The van der Waals surface area contributed by atoms with Gasteiger partial charge in [0.1, 0.15) is 0 Å². The number of likely N-dealkylation sites (N-methyl/N-ethyl adjacent to an activating group) is 1. The molecule has 0 bridgehead atoms. The van der Waals surface area contributed by atoms with Crippen LogP contribution in [0, 0.1) is 6.92 Å². The van der Waals surface area contributed by atoms with Gasteiger partial charge in [0.15, 0.2) is 0 Å². The van der Waals surface area contributed by atoms with Crippen molar-refractivity contribution >= 4 is 21.6 Å². The average Bonchev–Trinajstić information content (AvgIpc) is 2.71. The highest BCUT2D eigenvalue weighted by Gasteiger charge is 2.21. The molecule has 0 radical (unpaired) electrons. The lowest BCUT2D eigenvalue weighted by molar-refractivity contribution is 0.0949. The van der Waals surface area contributed by atoms with Crippen molar-refractivity contribution in [2.75, 3.05) is 37.5 Å². The van der Waals surface area contributed by atoms with Crippen LogP contribution in [0.5, 0.6) is 0 Å². The van der Waals surface area contributed by atoms with Gasteiger partial charge < -0.3 is 10.2 Å². The van der Waals surface area contributed by atoms with Crippen molar-refractivity contribution in [2.24, 2.45) is 0 Å². The van der Waals surface area contributed by atoms with Crippen molar-refractivity contribution in [1.82, 2.24) is 10.2 Å². The van der Waals surface area contributed by atoms with Crippen LogP contribution in [-0.4, -0.2) is 52.5 Å². The van der Waals surface area contributed by atoms with E-state index in [0.717, 1.165) is 25.2 Å². The van der Waals surface area contributed by atoms with Gasteiger partial charge in [0.05, 0.1) is 10.6 Å². The topological polar surface area (TPSA) is 69.7 Å². The van der Waals surface area contributed by atoms with E-state index in [4.69, 9.17) is 0 Å².